The fraction of sp³-hybridized carbons (Fsp3) is 0.538. The number of hydrogen-bond acceptors (Lipinski definition) is 7. The van der Waals surface area contributed by atoms with Crippen molar-refractivity contribution in [2.75, 3.05) is 30.0 Å². The molecule has 9 heteroatoms. The van der Waals surface area contributed by atoms with Crippen molar-refractivity contribution in [2.24, 2.45) is 0 Å². The van der Waals surface area contributed by atoms with Crippen LogP contribution < -0.4 is 10.6 Å². The molecule has 1 aromatic heterocycles. The van der Waals surface area contributed by atoms with Crippen LogP contribution in [0.3, 0.4) is 0 Å². The summed E-state index contributed by atoms with van der Waals surface area (Å²) < 4.78 is 9.58. The first-order valence-electron chi connectivity index (χ1n) is 6.74. The Morgan fingerprint density at radius 1 is 1.32 bits per heavy atom. The van der Waals surface area contributed by atoms with Gasteiger partial charge in [0.05, 0.1) is 11.5 Å². The quantitative estimate of drug-likeness (QED) is 0.642. The average molecular weight is 329 g/mol. The number of ether oxygens (including phenoxy) is 1. The van der Waals surface area contributed by atoms with Gasteiger partial charge in [0.2, 0.25) is 5.91 Å². The monoisotopic (exact) mass is 329 g/mol. The molecule has 0 spiro atoms. The van der Waals surface area contributed by atoms with E-state index in [2.05, 4.69) is 15.8 Å². The Morgan fingerprint density at radius 3 is 2.73 bits per heavy atom. The van der Waals surface area contributed by atoms with Crippen molar-refractivity contribution in [1.29, 1.82) is 0 Å². The first kappa shape index (κ1) is 18.0. The molecule has 0 saturated heterocycles. The predicted molar refractivity (Wildman–Crippen MR) is 81.5 cm³/mol. The molecule has 0 atom stereocenters. The molecule has 1 aromatic rings. The molecule has 22 heavy (non-hydrogen) atoms. The molecule has 0 fully saturated rings. The third-order valence-corrected chi connectivity index (χ3v) is 3.19. The van der Waals surface area contributed by atoms with Gasteiger partial charge in [0, 0.05) is 12.6 Å². The van der Waals surface area contributed by atoms with Gasteiger partial charge in [-0.05, 0) is 13.3 Å². The Labute approximate surface area is 132 Å². The first-order chi connectivity index (χ1) is 10.5. The molecule has 0 saturated carbocycles. The molecule has 8 nitrogen and oxygen atoms in total. The minimum Gasteiger partial charge on any atom is -0.455 e. The van der Waals surface area contributed by atoms with Crippen LogP contribution in [0.25, 0.3) is 0 Å². The SMILES string of the molecule is CCCNC(=O)COC(=O)CSCC(=O)Nc1cc(C)on1. The number of amides is 2. The van der Waals surface area contributed by atoms with Crippen LogP contribution in [0.15, 0.2) is 10.6 Å². The maximum absolute atomic E-state index is 11.6. The summed E-state index contributed by atoms with van der Waals surface area (Å²) in [7, 11) is 0. The molecule has 0 unspecified atom stereocenters. The molecule has 1 rings (SSSR count). The molecule has 0 aliphatic heterocycles. The van der Waals surface area contributed by atoms with Crippen molar-refractivity contribution >= 4 is 35.4 Å². The van der Waals surface area contributed by atoms with Gasteiger partial charge in [0.25, 0.3) is 5.91 Å². The molecule has 0 bridgehead atoms. The number of anilines is 1. The number of esters is 1. The number of aromatic nitrogens is 1. The molecule has 0 aromatic carbocycles. The lowest BCUT2D eigenvalue weighted by Crippen LogP contribution is -2.29. The number of carbonyl (C=O) groups is 3. The van der Waals surface area contributed by atoms with Gasteiger partial charge < -0.3 is 19.9 Å². The zero-order valence-electron chi connectivity index (χ0n) is 12.5. The number of nitrogens with zero attached hydrogens (tertiary/aromatic N) is 1. The lowest BCUT2D eigenvalue weighted by atomic mass is 10.5. The molecule has 1 heterocycles. The summed E-state index contributed by atoms with van der Waals surface area (Å²) in [6.07, 6.45) is 0.815. The molecular weight excluding hydrogens is 310 g/mol. The molecule has 0 aliphatic rings. The normalized spacial score (nSPS) is 10.1. The van der Waals surface area contributed by atoms with E-state index in [1.165, 1.54) is 0 Å². The Morgan fingerprint density at radius 2 is 2.09 bits per heavy atom. The second-order valence-corrected chi connectivity index (χ2v) is 5.36. The predicted octanol–water partition coefficient (Wildman–Crippen LogP) is 0.724. The second-order valence-electron chi connectivity index (χ2n) is 4.37. The highest BCUT2D eigenvalue weighted by atomic mass is 32.2. The second kappa shape index (κ2) is 9.82. The summed E-state index contributed by atoms with van der Waals surface area (Å²) in [6, 6.07) is 1.59. The van der Waals surface area contributed by atoms with E-state index in [1.807, 2.05) is 6.92 Å². The first-order valence-corrected chi connectivity index (χ1v) is 7.90. The number of rotatable bonds is 9. The van der Waals surface area contributed by atoms with Crippen LogP contribution >= 0.6 is 11.8 Å². The van der Waals surface area contributed by atoms with E-state index in [4.69, 9.17) is 9.26 Å². The van der Waals surface area contributed by atoms with Crippen molar-refractivity contribution in [1.82, 2.24) is 10.5 Å². The Bertz CT molecular complexity index is 518. The van der Waals surface area contributed by atoms with Crippen molar-refractivity contribution < 1.29 is 23.6 Å². The van der Waals surface area contributed by atoms with Crippen molar-refractivity contribution in [3.8, 4) is 0 Å². The van der Waals surface area contributed by atoms with E-state index in [-0.39, 0.29) is 29.9 Å². The zero-order chi connectivity index (χ0) is 16.4. The van der Waals surface area contributed by atoms with Gasteiger partial charge >= 0.3 is 5.97 Å². The number of nitrogens with one attached hydrogen (secondary N) is 2. The summed E-state index contributed by atoms with van der Waals surface area (Å²) in [6.45, 7) is 3.88. The van der Waals surface area contributed by atoms with Gasteiger partial charge in [0.15, 0.2) is 12.4 Å². The smallest absolute Gasteiger partial charge is 0.316 e. The average Bonchev–Trinajstić information content (AvgIpc) is 2.88. The van der Waals surface area contributed by atoms with Crippen LogP contribution in [0.5, 0.6) is 0 Å². The van der Waals surface area contributed by atoms with Gasteiger partial charge in [0.1, 0.15) is 5.76 Å². The van der Waals surface area contributed by atoms with Crippen molar-refractivity contribution in [2.45, 2.75) is 20.3 Å². The zero-order valence-corrected chi connectivity index (χ0v) is 13.3. The summed E-state index contributed by atoms with van der Waals surface area (Å²) in [5.41, 5.74) is 0. The van der Waals surface area contributed by atoms with E-state index in [0.717, 1.165) is 18.2 Å². The highest BCUT2D eigenvalue weighted by molar-refractivity contribution is 8.00. The Kier molecular flexibility index (Phi) is 8.05. The largest absolute Gasteiger partial charge is 0.455 e. The summed E-state index contributed by atoms with van der Waals surface area (Å²) in [5.74, 6) is -0.186. The van der Waals surface area contributed by atoms with E-state index in [1.54, 1.807) is 13.0 Å². The van der Waals surface area contributed by atoms with Crippen LogP contribution in [-0.4, -0.2) is 47.6 Å². The third-order valence-electron chi connectivity index (χ3n) is 2.28. The van der Waals surface area contributed by atoms with Crippen LogP contribution in [0.4, 0.5) is 5.82 Å². The third kappa shape index (κ3) is 7.67. The van der Waals surface area contributed by atoms with Gasteiger partial charge in [-0.25, -0.2) is 0 Å². The minimum atomic E-state index is -0.540. The topological polar surface area (TPSA) is 111 Å². The van der Waals surface area contributed by atoms with Gasteiger partial charge in [-0.3, -0.25) is 14.4 Å². The van der Waals surface area contributed by atoms with E-state index >= 15 is 0 Å². The number of hydrogen-bond donors (Lipinski definition) is 2. The van der Waals surface area contributed by atoms with E-state index in [9.17, 15) is 14.4 Å². The van der Waals surface area contributed by atoms with Crippen LogP contribution in [0, 0.1) is 6.92 Å². The van der Waals surface area contributed by atoms with Gasteiger partial charge in [-0.2, -0.15) is 0 Å². The molecule has 2 amide bonds. The minimum absolute atomic E-state index is 0.00762. The molecule has 2 N–H and O–H groups in total. The Balaban J connectivity index is 2.11. The molecule has 0 aliphatic carbocycles. The summed E-state index contributed by atoms with van der Waals surface area (Å²) in [4.78, 5) is 34.2. The lowest BCUT2D eigenvalue weighted by Gasteiger charge is -2.05. The molecular formula is C13H19N3O5S. The van der Waals surface area contributed by atoms with Crippen molar-refractivity contribution in [3.63, 3.8) is 0 Å². The van der Waals surface area contributed by atoms with E-state index in [0.29, 0.717) is 18.1 Å². The number of thioether (sulfide) groups is 1. The van der Waals surface area contributed by atoms with Crippen LogP contribution in [0.1, 0.15) is 19.1 Å². The van der Waals surface area contributed by atoms with Crippen molar-refractivity contribution in [3.05, 3.63) is 11.8 Å². The van der Waals surface area contributed by atoms with Gasteiger partial charge in [-0.15, -0.1) is 11.8 Å². The maximum Gasteiger partial charge on any atom is 0.316 e. The highest BCUT2D eigenvalue weighted by Gasteiger charge is 2.10. The van der Waals surface area contributed by atoms with E-state index < -0.39 is 5.97 Å². The standard InChI is InChI=1S/C13H19N3O5S/c1-3-4-14-11(17)6-20-13(19)8-22-7-12(18)15-10-5-9(2)21-16-10/h5H,3-4,6-8H2,1-2H3,(H,14,17)(H,15,16,18). The molecule has 122 valence electrons. The fourth-order valence-corrected chi connectivity index (χ4v) is 1.94. The maximum atomic E-state index is 11.6. The summed E-state index contributed by atoms with van der Waals surface area (Å²) in [5, 5.41) is 8.74. The lowest BCUT2D eigenvalue weighted by molar-refractivity contribution is -0.145. The number of aryl methyl sites for hydroxylation is 1. The fourth-order valence-electron chi connectivity index (χ4n) is 1.33. The highest BCUT2D eigenvalue weighted by Crippen LogP contribution is 2.08. The van der Waals surface area contributed by atoms with Crippen LogP contribution in [-0.2, 0) is 19.1 Å². The Hall–Kier alpha value is -2.03. The molecule has 0 radical (unpaired) electrons. The van der Waals surface area contributed by atoms with Crippen LogP contribution in [0.2, 0.25) is 0 Å². The van der Waals surface area contributed by atoms with Gasteiger partial charge in [-0.1, -0.05) is 12.1 Å². The number of carbonyl (C=O) groups excluding carboxylic acids is 3. The summed E-state index contributed by atoms with van der Waals surface area (Å²) >= 11 is 1.09.